The van der Waals surface area contributed by atoms with Crippen molar-refractivity contribution in [3.63, 3.8) is 0 Å². The summed E-state index contributed by atoms with van der Waals surface area (Å²) in [5.74, 6) is -0.0847. The van der Waals surface area contributed by atoms with Crippen molar-refractivity contribution in [1.29, 1.82) is 0 Å². The van der Waals surface area contributed by atoms with Crippen LogP contribution < -0.4 is 4.74 Å². The predicted octanol–water partition coefficient (Wildman–Crippen LogP) is 5.89. The normalized spacial score (nSPS) is 15.1. The topological polar surface area (TPSA) is 67.6 Å². The number of benzene rings is 1. The maximum atomic E-state index is 11.5. The van der Waals surface area contributed by atoms with E-state index in [-0.39, 0.29) is 5.56 Å². The minimum atomic E-state index is -0.965. The van der Waals surface area contributed by atoms with Gasteiger partial charge in [0.15, 0.2) is 0 Å². The Hall–Kier alpha value is -2.87. The van der Waals surface area contributed by atoms with Gasteiger partial charge in [-0.2, -0.15) is 0 Å². The van der Waals surface area contributed by atoms with E-state index in [1.165, 1.54) is 22.9 Å². The highest BCUT2D eigenvalue weighted by molar-refractivity contribution is 7.16. The minimum absolute atomic E-state index is 0.211. The molecule has 1 aliphatic heterocycles. The van der Waals surface area contributed by atoms with E-state index in [0.717, 1.165) is 54.4 Å². The van der Waals surface area contributed by atoms with Crippen LogP contribution in [0, 0.1) is 0 Å². The molecule has 1 fully saturated rings. The number of halogens is 1. The molecule has 1 saturated heterocycles. The fourth-order valence-corrected chi connectivity index (χ4v) is 5.99. The van der Waals surface area contributed by atoms with Crippen molar-refractivity contribution in [1.82, 2.24) is 14.5 Å². The van der Waals surface area contributed by atoms with Gasteiger partial charge in [-0.25, -0.2) is 4.79 Å². The SMILES string of the molecule is COc1ccc(CN2CCC(c3cn(Cc4ccc(Cl)s4)c4cnccc34)CC2)cc1C(=O)O. The molecule has 0 atom stereocenters. The number of aromatic carboxylic acids is 1. The van der Waals surface area contributed by atoms with E-state index in [1.54, 1.807) is 23.5 Å². The Kier molecular flexibility index (Phi) is 6.59. The fourth-order valence-electron chi connectivity index (χ4n) is 4.91. The molecule has 8 heteroatoms. The van der Waals surface area contributed by atoms with Gasteiger partial charge >= 0.3 is 5.97 Å². The molecule has 0 aliphatic carbocycles. The lowest BCUT2D eigenvalue weighted by molar-refractivity contribution is 0.0693. The average Bonchev–Trinajstić information content (AvgIpc) is 3.43. The number of nitrogens with zero attached hydrogens (tertiary/aromatic N) is 3. The highest BCUT2D eigenvalue weighted by Gasteiger charge is 2.24. The molecule has 1 aliphatic rings. The Labute approximate surface area is 207 Å². The Morgan fingerprint density at radius 3 is 2.74 bits per heavy atom. The second-order valence-corrected chi connectivity index (χ2v) is 10.5. The third kappa shape index (κ3) is 4.69. The molecule has 0 bridgehead atoms. The molecule has 0 radical (unpaired) electrons. The number of likely N-dealkylation sites (tertiary alicyclic amines) is 1. The summed E-state index contributed by atoms with van der Waals surface area (Å²) < 4.78 is 8.28. The Bertz CT molecular complexity index is 1320. The van der Waals surface area contributed by atoms with Crippen LogP contribution in [0.1, 0.15) is 45.1 Å². The average molecular weight is 496 g/mol. The zero-order valence-electron chi connectivity index (χ0n) is 18.9. The van der Waals surface area contributed by atoms with E-state index < -0.39 is 5.97 Å². The Morgan fingerprint density at radius 1 is 1.21 bits per heavy atom. The number of ether oxygens (including phenoxy) is 1. The van der Waals surface area contributed by atoms with Crippen LogP contribution in [0.5, 0.6) is 5.75 Å². The number of thiophene rings is 1. The highest BCUT2D eigenvalue weighted by Crippen LogP contribution is 2.35. The molecular weight excluding hydrogens is 470 g/mol. The van der Waals surface area contributed by atoms with Gasteiger partial charge < -0.3 is 14.4 Å². The molecule has 176 valence electrons. The maximum absolute atomic E-state index is 11.5. The van der Waals surface area contributed by atoms with Gasteiger partial charge in [-0.05, 0) is 73.3 Å². The standard InChI is InChI=1S/C26H26ClN3O3S/c1-33-24-4-2-17(12-21(24)26(31)32)14-29-10-7-18(8-11-29)22-16-30(15-19-3-5-25(27)34-19)23-13-28-9-6-20(22)23/h2-6,9,12-13,16,18H,7-8,10-11,14-15H2,1H3,(H,31,32). The lowest BCUT2D eigenvalue weighted by Gasteiger charge is -2.32. The zero-order chi connectivity index (χ0) is 23.7. The molecule has 34 heavy (non-hydrogen) atoms. The number of aromatic nitrogens is 2. The lowest BCUT2D eigenvalue weighted by Crippen LogP contribution is -2.32. The first-order valence-corrected chi connectivity index (χ1v) is 12.5. The summed E-state index contributed by atoms with van der Waals surface area (Å²) in [4.78, 5) is 19.5. The van der Waals surface area contributed by atoms with E-state index >= 15 is 0 Å². The first-order chi connectivity index (χ1) is 16.5. The van der Waals surface area contributed by atoms with Gasteiger partial charge in [0.05, 0.1) is 29.7 Å². The van der Waals surface area contributed by atoms with Gasteiger partial charge in [0.1, 0.15) is 11.3 Å². The van der Waals surface area contributed by atoms with E-state index in [9.17, 15) is 9.90 Å². The van der Waals surface area contributed by atoms with Gasteiger partial charge in [0.2, 0.25) is 0 Å². The number of pyridine rings is 1. The highest BCUT2D eigenvalue weighted by atomic mass is 35.5. The molecule has 0 amide bonds. The molecule has 5 rings (SSSR count). The van der Waals surface area contributed by atoms with Crippen molar-refractivity contribution >= 4 is 39.8 Å². The maximum Gasteiger partial charge on any atom is 0.339 e. The summed E-state index contributed by atoms with van der Waals surface area (Å²) in [7, 11) is 1.49. The molecule has 1 aromatic carbocycles. The monoisotopic (exact) mass is 495 g/mol. The molecule has 0 saturated carbocycles. The Balaban J connectivity index is 1.30. The van der Waals surface area contributed by atoms with Crippen molar-refractivity contribution in [2.75, 3.05) is 20.2 Å². The second-order valence-electron chi connectivity index (χ2n) is 8.70. The molecular formula is C26H26ClN3O3S. The van der Waals surface area contributed by atoms with Crippen LogP contribution in [0.3, 0.4) is 0 Å². The molecule has 4 aromatic rings. The fraction of sp³-hybridized carbons (Fsp3) is 0.308. The van der Waals surface area contributed by atoms with Crippen LogP contribution in [0.4, 0.5) is 0 Å². The summed E-state index contributed by atoms with van der Waals surface area (Å²) in [6.07, 6.45) is 8.25. The number of hydrogen-bond donors (Lipinski definition) is 1. The third-order valence-electron chi connectivity index (χ3n) is 6.60. The van der Waals surface area contributed by atoms with Gasteiger partial charge in [-0.15, -0.1) is 11.3 Å². The minimum Gasteiger partial charge on any atom is -0.496 e. The van der Waals surface area contributed by atoms with Crippen LogP contribution in [0.25, 0.3) is 10.9 Å². The first kappa shape index (κ1) is 22.9. The van der Waals surface area contributed by atoms with Crippen molar-refractivity contribution in [2.24, 2.45) is 0 Å². The summed E-state index contributed by atoms with van der Waals surface area (Å²) in [5.41, 5.74) is 3.75. The lowest BCUT2D eigenvalue weighted by atomic mass is 9.89. The van der Waals surface area contributed by atoms with Crippen LogP contribution in [0.2, 0.25) is 4.34 Å². The van der Waals surface area contributed by atoms with E-state index in [4.69, 9.17) is 16.3 Å². The quantitative estimate of drug-likeness (QED) is 0.346. The summed E-state index contributed by atoms with van der Waals surface area (Å²) >= 11 is 7.75. The second kappa shape index (κ2) is 9.78. The Morgan fingerprint density at radius 2 is 2.03 bits per heavy atom. The summed E-state index contributed by atoms with van der Waals surface area (Å²) in [6.45, 7) is 3.47. The van der Waals surface area contributed by atoms with Crippen LogP contribution in [0.15, 0.2) is 55.0 Å². The molecule has 4 heterocycles. The van der Waals surface area contributed by atoms with Crippen LogP contribution in [-0.2, 0) is 13.1 Å². The van der Waals surface area contributed by atoms with Crippen molar-refractivity contribution in [3.05, 3.63) is 80.9 Å². The van der Waals surface area contributed by atoms with Gasteiger partial charge in [-0.3, -0.25) is 9.88 Å². The number of rotatable bonds is 7. The van der Waals surface area contributed by atoms with E-state index in [1.807, 2.05) is 24.5 Å². The molecule has 3 aromatic heterocycles. The summed E-state index contributed by atoms with van der Waals surface area (Å²) in [5, 5.41) is 10.7. The predicted molar refractivity (Wildman–Crippen MR) is 135 cm³/mol. The number of methoxy groups -OCH3 is 1. The van der Waals surface area contributed by atoms with Crippen LogP contribution in [-0.4, -0.2) is 45.7 Å². The largest absolute Gasteiger partial charge is 0.496 e. The van der Waals surface area contributed by atoms with Gasteiger partial charge in [0.25, 0.3) is 0 Å². The zero-order valence-corrected chi connectivity index (χ0v) is 20.5. The van der Waals surface area contributed by atoms with Gasteiger partial charge in [0, 0.05) is 29.2 Å². The van der Waals surface area contributed by atoms with Crippen molar-refractivity contribution in [3.8, 4) is 5.75 Å². The number of hydrogen-bond acceptors (Lipinski definition) is 5. The number of carboxylic acids is 1. The molecule has 0 spiro atoms. The smallest absolute Gasteiger partial charge is 0.339 e. The van der Waals surface area contributed by atoms with Crippen molar-refractivity contribution in [2.45, 2.75) is 31.8 Å². The molecule has 6 nitrogen and oxygen atoms in total. The number of carboxylic acid groups (broad SMARTS) is 1. The van der Waals surface area contributed by atoms with Gasteiger partial charge in [-0.1, -0.05) is 17.7 Å². The first-order valence-electron chi connectivity index (χ1n) is 11.3. The van der Waals surface area contributed by atoms with E-state index in [0.29, 0.717) is 11.7 Å². The molecule has 0 unspecified atom stereocenters. The number of piperidine rings is 1. The van der Waals surface area contributed by atoms with Crippen LogP contribution >= 0.6 is 22.9 Å². The van der Waals surface area contributed by atoms with Crippen molar-refractivity contribution < 1.29 is 14.6 Å². The number of fused-ring (bicyclic) bond motifs is 1. The summed E-state index contributed by atoms with van der Waals surface area (Å²) in [6, 6.07) is 11.6. The third-order valence-corrected chi connectivity index (χ3v) is 7.81. The molecule has 1 N–H and O–H groups in total. The number of carbonyl (C=O) groups is 1. The van der Waals surface area contributed by atoms with E-state index in [2.05, 4.69) is 32.8 Å².